The molecule has 12 nitrogen and oxygen atoms in total. The van der Waals surface area contributed by atoms with Crippen molar-refractivity contribution in [3.05, 3.63) is 149 Å². The summed E-state index contributed by atoms with van der Waals surface area (Å²) in [5.41, 5.74) is 20.9. The molecule has 0 unspecified atom stereocenters. The topological polar surface area (TPSA) is 176 Å². The molecule has 4 rings (SSSR count). The van der Waals surface area contributed by atoms with Crippen LogP contribution in [0.2, 0.25) is 20.1 Å². The smallest absolute Gasteiger partial charge is 0.305 e. The quantitative estimate of drug-likeness (QED) is 0.0535. The molecule has 0 fully saturated rings. The monoisotopic (exact) mass is 756 g/mol. The summed E-state index contributed by atoms with van der Waals surface area (Å²) in [6, 6.07) is 20.0. The minimum atomic E-state index is -0.606. The number of carbonyl (C=O) groups excluding carboxylic acids is 2. The largest absolute Gasteiger partial charge is 0.469 e. The highest BCUT2D eigenvalue weighted by atomic mass is 35.5. The van der Waals surface area contributed by atoms with Crippen LogP contribution >= 0.6 is 46.4 Å². The van der Waals surface area contributed by atoms with E-state index in [4.69, 9.17) is 66.9 Å². The van der Waals surface area contributed by atoms with E-state index in [9.17, 15) is 9.59 Å². The number of azide groups is 2. The lowest BCUT2D eigenvalue weighted by Crippen LogP contribution is -2.13. The SMILES string of the molecule is COC(=O)CC[C@@H](c1cccc(Cl)c1)[C@@H](N=[N+]=[N-])c1ccc(Cl)cn1.COC(=O)CC[C@H](c1cccc(Cl)c1)[C@H](N=[N+]=[N-])c1ccc(Cl)cn1. The Morgan fingerprint density at radius 1 is 0.660 bits per heavy atom. The van der Waals surface area contributed by atoms with Crippen molar-refractivity contribution in [2.45, 2.75) is 49.6 Å². The summed E-state index contributed by atoms with van der Waals surface area (Å²) in [4.78, 5) is 37.6. The zero-order valence-corrected chi connectivity index (χ0v) is 30.0. The first kappa shape index (κ1) is 39.9. The molecule has 0 aliphatic rings. The Kier molecular flexibility index (Phi) is 16.6. The first-order valence-electron chi connectivity index (χ1n) is 15.1. The maximum atomic E-state index is 11.6. The van der Waals surface area contributed by atoms with Gasteiger partial charge in [0.15, 0.2) is 0 Å². The fourth-order valence-corrected chi connectivity index (χ4v) is 5.79. The lowest BCUT2D eigenvalue weighted by molar-refractivity contribution is -0.141. The molecule has 50 heavy (non-hydrogen) atoms. The summed E-state index contributed by atoms with van der Waals surface area (Å²) in [6.45, 7) is 0. The van der Waals surface area contributed by atoms with Gasteiger partial charge in [-0.15, -0.1) is 0 Å². The van der Waals surface area contributed by atoms with E-state index in [1.807, 2.05) is 24.3 Å². The number of hydrogen-bond acceptors (Lipinski definition) is 8. The highest BCUT2D eigenvalue weighted by Gasteiger charge is 2.27. The van der Waals surface area contributed by atoms with Gasteiger partial charge in [-0.1, -0.05) is 80.9 Å². The lowest BCUT2D eigenvalue weighted by atomic mass is 9.86. The van der Waals surface area contributed by atoms with E-state index in [1.54, 1.807) is 48.5 Å². The molecule has 2 heterocycles. The van der Waals surface area contributed by atoms with Gasteiger partial charge in [-0.2, -0.15) is 0 Å². The number of rotatable bonds is 14. The molecule has 0 bridgehead atoms. The summed E-state index contributed by atoms with van der Waals surface area (Å²) in [5, 5.41) is 9.91. The van der Waals surface area contributed by atoms with Gasteiger partial charge in [-0.3, -0.25) is 19.6 Å². The van der Waals surface area contributed by atoms with E-state index in [-0.39, 0.29) is 36.6 Å². The fourth-order valence-electron chi connectivity index (χ4n) is 5.17. The van der Waals surface area contributed by atoms with Crippen molar-refractivity contribution in [1.29, 1.82) is 0 Å². The first-order valence-corrected chi connectivity index (χ1v) is 16.6. The molecule has 2 aromatic carbocycles. The van der Waals surface area contributed by atoms with Crippen LogP contribution < -0.4 is 0 Å². The van der Waals surface area contributed by atoms with Gasteiger partial charge in [-0.25, -0.2) is 0 Å². The van der Waals surface area contributed by atoms with Gasteiger partial charge in [0.05, 0.1) is 36.3 Å². The van der Waals surface area contributed by atoms with Crippen LogP contribution in [0.1, 0.15) is 72.1 Å². The van der Waals surface area contributed by atoms with E-state index in [2.05, 4.69) is 30.0 Å². The van der Waals surface area contributed by atoms with Gasteiger partial charge < -0.3 is 9.47 Å². The molecule has 2 aromatic heterocycles. The van der Waals surface area contributed by atoms with Crippen LogP contribution in [0, 0.1) is 0 Å². The zero-order valence-electron chi connectivity index (χ0n) is 26.9. The molecular weight excluding hydrogens is 726 g/mol. The van der Waals surface area contributed by atoms with Crippen LogP contribution in [0.25, 0.3) is 20.9 Å². The zero-order chi connectivity index (χ0) is 36.5. The third-order valence-electron chi connectivity index (χ3n) is 7.55. The molecule has 260 valence electrons. The second-order valence-electron chi connectivity index (χ2n) is 10.7. The third kappa shape index (κ3) is 12.4. The molecule has 0 radical (unpaired) electrons. The second-order valence-corrected chi connectivity index (χ2v) is 12.4. The van der Waals surface area contributed by atoms with E-state index < -0.39 is 12.1 Å². The standard InChI is InChI=1S/2C17H16Cl2N4O2/c2*1-25-16(24)8-6-14(11-3-2-4-12(18)9-11)17(22-23-20)15-7-5-13(19)10-21-15/h2*2-5,7,9-10,14,17H,6,8H2,1H3/t2*14-,17+/m10/s1. The van der Waals surface area contributed by atoms with Crippen LogP contribution in [0.5, 0.6) is 0 Å². The predicted octanol–water partition coefficient (Wildman–Crippen LogP) is 11.0. The molecule has 0 aliphatic carbocycles. The van der Waals surface area contributed by atoms with Crippen molar-refractivity contribution in [2.75, 3.05) is 14.2 Å². The molecular formula is C34H32Cl4N8O4. The number of ether oxygens (including phenoxy) is 2. The summed E-state index contributed by atoms with van der Waals surface area (Å²) >= 11 is 24.0. The van der Waals surface area contributed by atoms with E-state index in [0.717, 1.165) is 11.1 Å². The van der Waals surface area contributed by atoms with Crippen LogP contribution in [0.3, 0.4) is 0 Å². The highest BCUT2D eigenvalue weighted by Crippen LogP contribution is 2.39. The molecule has 0 amide bonds. The van der Waals surface area contributed by atoms with Crippen LogP contribution in [-0.2, 0) is 19.1 Å². The number of carbonyl (C=O) groups is 2. The number of aromatic nitrogens is 2. The maximum absolute atomic E-state index is 11.6. The summed E-state index contributed by atoms with van der Waals surface area (Å²) < 4.78 is 9.44. The van der Waals surface area contributed by atoms with Crippen LogP contribution in [0.4, 0.5) is 0 Å². The Morgan fingerprint density at radius 3 is 1.36 bits per heavy atom. The van der Waals surface area contributed by atoms with Gasteiger partial charge in [0.1, 0.15) is 0 Å². The van der Waals surface area contributed by atoms with E-state index in [0.29, 0.717) is 44.3 Å². The van der Waals surface area contributed by atoms with Crippen molar-refractivity contribution in [3.8, 4) is 0 Å². The van der Waals surface area contributed by atoms with Crippen molar-refractivity contribution in [3.63, 3.8) is 0 Å². The Bertz CT molecular complexity index is 1690. The number of benzene rings is 2. The number of pyridine rings is 2. The number of halogens is 4. The fraction of sp³-hybridized carbons (Fsp3) is 0.294. The van der Waals surface area contributed by atoms with Gasteiger partial charge in [0.25, 0.3) is 0 Å². The Balaban J connectivity index is 0.000000270. The number of nitrogens with zero attached hydrogens (tertiary/aromatic N) is 8. The van der Waals surface area contributed by atoms with Crippen molar-refractivity contribution in [2.24, 2.45) is 10.2 Å². The summed E-state index contributed by atoms with van der Waals surface area (Å²) in [7, 11) is 2.67. The average Bonchev–Trinajstić information content (AvgIpc) is 3.12. The third-order valence-corrected chi connectivity index (χ3v) is 8.47. The summed E-state index contributed by atoms with van der Waals surface area (Å²) in [6.07, 6.45) is 4.18. The van der Waals surface area contributed by atoms with Gasteiger partial charge >= 0.3 is 11.9 Å². The number of methoxy groups -OCH3 is 2. The number of hydrogen-bond donors (Lipinski definition) is 0. The second kappa shape index (κ2) is 20.9. The lowest BCUT2D eigenvalue weighted by Gasteiger charge is -2.23. The average molecular weight is 758 g/mol. The van der Waals surface area contributed by atoms with Crippen molar-refractivity contribution in [1.82, 2.24) is 9.97 Å². The Labute approximate surface area is 308 Å². The molecule has 0 aliphatic heterocycles. The molecule has 4 atom stereocenters. The minimum Gasteiger partial charge on any atom is -0.469 e. The Hall–Kier alpha value is -4.54. The van der Waals surface area contributed by atoms with E-state index >= 15 is 0 Å². The van der Waals surface area contributed by atoms with E-state index in [1.165, 1.54) is 26.6 Å². The predicted molar refractivity (Wildman–Crippen MR) is 193 cm³/mol. The molecule has 0 spiro atoms. The van der Waals surface area contributed by atoms with Gasteiger partial charge in [0.2, 0.25) is 0 Å². The van der Waals surface area contributed by atoms with Gasteiger partial charge in [-0.05, 0) is 95.4 Å². The minimum absolute atomic E-state index is 0.179. The normalized spacial score (nSPS) is 12.8. The van der Waals surface area contributed by atoms with Crippen LogP contribution in [-0.4, -0.2) is 36.1 Å². The Morgan fingerprint density at radius 2 is 1.06 bits per heavy atom. The molecule has 0 N–H and O–H groups in total. The molecule has 4 aromatic rings. The maximum Gasteiger partial charge on any atom is 0.305 e. The summed E-state index contributed by atoms with van der Waals surface area (Å²) in [5.74, 6) is -1.25. The molecule has 0 saturated carbocycles. The van der Waals surface area contributed by atoms with Crippen molar-refractivity contribution >= 4 is 58.3 Å². The van der Waals surface area contributed by atoms with Gasteiger partial charge in [0, 0.05) is 56.5 Å². The van der Waals surface area contributed by atoms with Crippen molar-refractivity contribution < 1.29 is 19.1 Å². The molecule has 16 heteroatoms. The first-order chi connectivity index (χ1) is 24.1. The van der Waals surface area contributed by atoms with Crippen LogP contribution in [0.15, 0.2) is 95.4 Å². The highest BCUT2D eigenvalue weighted by molar-refractivity contribution is 6.31. The molecule has 0 saturated heterocycles. The number of esters is 2.